The average Bonchev–Trinajstić information content (AvgIpc) is 3.25. The van der Waals surface area contributed by atoms with Crippen molar-refractivity contribution in [1.82, 2.24) is 5.01 Å². The first-order chi connectivity index (χ1) is 15.5. The Morgan fingerprint density at radius 3 is 2.50 bits per heavy atom. The van der Waals surface area contributed by atoms with Gasteiger partial charge in [-0.05, 0) is 66.4 Å². The molecule has 0 N–H and O–H groups in total. The average molecular weight is 491 g/mol. The number of nitrogens with zero attached hydrogens (tertiary/aromatic N) is 2. The van der Waals surface area contributed by atoms with Gasteiger partial charge in [0.15, 0.2) is 0 Å². The van der Waals surface area contributed by atoms with Gasteiger partial charge in [0.1, 0.15) is 11.5 Å². The van der Waals surface area contributed by atoms with Crippen LogP contribution < -0.4 is 9.47 Å². The first-order valence-corrected chi connectivity index (χ1v) is 12.0. The number of ether oxygens (including phenoxy) is 2. The van der Waals surface area contributed by atoms with Crippen LogP contribution in [0.15, 0.2) is 76.3 Å². The van der Waals surface area contributed by atoms with Gasteiger partial charge in [-0.3, -0.25) is 0 Å². The van der Waals surface area contributed by atoms with Crippen molar-refractivity contribution in [1.29, 1.82) is 0 Å². The second-order valence-electron chi connectivity index (χ2n) is 8.58. The minimum atomic E-state index is -0.255. The molecule has 0 unspecified atom stereocenters. The van der Waals surface area contributed by atoms with E-state index in [1.165, 1.54) is 11.1 Å². The van der Waals surface area contributed by atoms with Crippen LogP contribution in [0.2, 0.25) is 0 Å². The van der Waals surface area contributed by atoms with E-state index in [1.54, 1.807) is 0 Å². The summed E-state index contributed by atoms with van der Waals surface area (Å²) in [7, 11) is 0. The number of hydrogen-bond acceptors (Lipinski definition) is 4. The Hall–Kier alpha value is -2.79. The topological polar surface area (TPSA) is 34.1 Å². The fraction of sp³-hybridized carbons (Fsp3) is 0.296. The van der Waals surface area contributed by atoms with E-state index in [0.29, 0.717) is 12.5 Å². The Labute approximate surface area is 198 Å². The summed E-state index contributed by atoms with van der Waals surface area (Å²) in [5.74, 6) is 2.31. The Morgan fingerprint density at radius 2 is 1.81 bits per heavy atom. The van der Waals surface area contributed by atoms with Crippen LogP contribution in [0.25, 0.3) is 0 Å². The quantitative estimate of drug-likeness (QED) is 0.378. The molecule has 4 nitrogen and oxygen atoms in total. The van der Waals surface area contributed by atoms with Gasteiger partial charge in [-0.15, -0.1) is 0 Å². The zero-order valence-electron chi connectivity index (χ0n) is 18.6. The number of benzene rings is 3. The molecule has 32 heavy (non-hydrogen) atoms. The van der Waals surface area contributed by atoms with Gasteiger partial charge in [0.2, 0.25) is 6.23 Å². The molecule has 2 aliphatic heterocycles. The van der Waals surface area contributed by atoms with Crippen LogP contribution in [-0.4, -0.2) is 17.3 Å². The summed E-state index contributed by atoms with van der Waals surface area (Å²) >= 11 is 3.63. The molecular formula is C27H27BrN2O2. The third-order valence-electron chi connectivity index (χ3n) is 6.14. The van der Waals surface area contributed by atoms with Gasteiger partial charge < -0.3 is 9.47 Å². The number of hydrazone groups is 1. The second kappa shape index (κ2) is 8.62. The van der Waals surface area contributed by atoms with Crippen LogP contribution in [0, 0.1) is 0 Å². The van der Waals surface area contributed by atoms with Crippen LogP contribution in [0.4, 0.5) is 0 Å². The summed E-state index contributed by atoms with van der Waals surface area (Å²) in [6.45, 7) is 7.08. The molecule has 0 spiro atoms. The summed E-state index contributed by atoms with van der Waals surface area (Å²) in [5.41, 5.74) is 5.79. The minimum absolute atomic E-state index is 0.132. The molecule has 0 aliphatic carbocycles. The summed E-state index contributed by atoms with van der Waals surface area (Å²) in [6.07, 6.45) is 0.580. The molecule has 0 aromatic heterocycles. The first kappa shape index (κ1) is 21.1. The maximum Gasteiger partial charge on any atom is 0.213 e. The molecule has 3 aromatic carbocycles. The maximum absolute atomic E-state index is 6.50. The molecular weight excluding hydrogens is 464 g/mol. The lowest BCUT2D eigenvalue weighted by atomic mass is 9.95. The predicted octanol–water partition coefficient (Wildman–Crippen LogP) is 7.21. The largest absolute Gasteiger partial charge is 0.494 e. The molecule has 5 rings (SSSR count). The normalized spacial score (nSPS) is 19.3. The summed E-state index contributed by atoms with van der Waals surface area (Å²) in [6, 6.07) is 23.3. The van der Waals surface area contributed by atoms with Crippen molar-refractivity contribution in [3.63, 3.8) is 0 Å². The fourth-order valence-corrected chi connectivity index (χ4v) is 4.79. The van der Waals surface area contributed by atoms with Gasteiger partial charge in [-0.2, -0.15) is 5.10 Å². The van der Waals surface area contributed by atoms with Gasteiger partial charge in [-0.25, -0.2) is 5.01 Å². The molecule has 0 radical (unpaired) electrons. The van der Waals surface area contributed by atoms with E-state index in [-0.39, 0.29) is 12.3 Å². The highest BCUT2D eigenvalue weighted by molar-refractivity contribution is 9.10. The van der Waals surface area contributed by atoms with Crippen LogP contribution in [0.1, 0.15) is 67.6 Å². The number of halogens is 1. The van der Waals surface area contributed by atoms with E-state index in [2.05, 4.69) is 83.3 Å². The van der Waals surface area contributed by atoms with Crippen LogP contribution in [0.3, 0.4) is 0 Å². The van der Waals surface area contributed by atoms with E-state index in [9.17, 15) is 0 Å². The minimum Gasteiger partial charge on any atom is -0.494 e. The first-order valence-electron chi connectivity index (χ1n) is 11.2. The van der Waals surface area contributed by atoms with E-state index >= 15 is 0 Å². The van der Waals surface area contributed by atoms with Crippen molar-refractivity contribution in [3.8, 4) is 11.5 Å². The van der Waals surface area contributed by atoms with E-state index < -0.39 is 0 Å². The Balaban J connectivity index is 1.52. The fourth-order valence-electron chi connectivity index (χ4n) is 4.41. The second-order valence-corrected chi connectivity index (χ2v) is 9.49. The Bertz CT molecular complexity index is 1140. The highest BCUT2D eigenvalue weighted by atomic mass is 79.9. The zero-order valence-corrected chi connectivity index (χ0v) is 20.2. The van der Waals surface area contributed by atoms with Gasteiger partial charge in [0.05, 0.1) is 18.4 Å². The number of hydrogen-bond donors (Lipinski definition) is 0. The van der Waals surface area contributed by atoms with Crippen molar-refractivity contribution in [3.05, 3.63) is 93.5 Å². The van der Waals surface area contributed by atoms with Crippen molar-refractivity contribution >= 4 is 21.6 Å². The van der Waals surface area contributed by atoms with Crippen molar-refractivity contribution in [2.45, 2.75) is 45.4 Å². The SMILES string of the molecule is CCOc1ccc(C2=NN3[C@@H](C2)c2cc(Br)ccc2O[C@H]3c2ccc(C(C)C)cc2)cc1. The molecule has 2 atom stereocenters. The molecule has 164 valence electrons. The third-order valence-corrected chi connectivity index (χ3v) is 6.63. The monoisotopic (exact) mass is 490 g/mol. The molecule has 0 saturated heterocycles. The van der Waals surface area contributed by atoms with Crippen molar-refractivity contribution in [2.75, 3.05) is 6.61 Å². The lowest BCUT2D eigenvalue weighted by molar-refractivity contribution is -0.0190. The summed E-state index contributed by atoms with van der Waals surface area (Å²) < 4.78 is 13.2. The molecule has 2 heterocycles. The third kappa shape index (κ3) is 3.90. The Kier molecular flexibility index (Phi) is 5.68. The molecule has 3 aromatic rings. The number of fused-ring (bicyclic) bond motifs is 3. The molecule has 0 saturated carbocycles. The summed E-state index contributed by atoms with van der Waals surface area (Å²) in [5, 5.41) is 7.20. The zero-order chi connectivity index (χ0) is 22.2. The molecule has 0 bridgehead atoms. The van der Waals surface area contributed by atoms with Crippen LogP contribution in [0.5, 0.6) is 11.5 Å². The van der Waals surface area contributed by atoms with Gasteiger partial charge in [0.25, 0.3) is 0 Å². The Morgan fingerprint density at radius 1 is 1.06 bits per heavy atom. The summed E-state index contributed by atoms with van der Waals surface area (Å²) in [4.78, 5) is 0. The smallest absolute Gasteiger partial charge is 0.213 e. The van der Waals surface area contributed by atoms with E-state index in [0.717, 1.165) is 39.2 Å². The van der Waals surface area contributed by atoms with Gasteiger partial charge in [-0.1, -0.05) is 54.0 Å². The molecule has 0 fully saturated rings. The van der Waals surface area contributed by atoms with Crippen LogP contribution in [-0.2, 0) is 0 Å². The highest BCUT2D eigenvalue weighted by Gasteiger charge is 2.41. The van der Waals surface area contributed by atoms with Crippen LogP contribution >= 0.6 is 15.9 Å². The molecule has 0 amide bonds. The molecule has 5 heteroatoms. The lowest BCUT2D eigenvalue weighted by Crippen LogP contribution is -2.33. The highest BCUT2D eigenvalue weighted by Crippen LogP contribution is 2.48. The van der Waals surface area contributed by atoms with Gasteiger partial charge >= 0.3 is 0 Å². The van der Waals surface area contributed by atoms with Gasteiger partial charge in [0, 0.05) is 22.0 Å². The predicted molar refractivity (Wildman–Crippen MR) is 131 cm³/mol. The lowest BCUT2D eigenvalue weighted by Gasteiger charge is -2.38. The number of rotatable bonds is 5. The maximum atomic E-state index is 6.50. The van der Waals surface area contributed by atoms with Crippen molar-refractivity contribution < 1.29 is 9.47 Å². The van der Waals surface area contributed by atoms with E-state index in [1.807, 2.05) is 25.1 Å². The van der Waals surface area contributed by atoms with E-state index in [4.69, 9.17) is 14.6 Å². The standard InChI is InChI=1S/C27H27BrN2O2/c1-4-31-22-12-9-19(10-13-22)24-16-25-23-15-21(28)11-14-26(23)32-27(30(25)29-24)20-7-5-18(6-8-20)17(2)3/h5-15,17,25,27H,4,16H2,1-3H3/t25-,27-/m0/s1. The van der Waals surface area contributed by atoms with Crippen molar-refractivity contribution in [2.24, 2.45) is 5.10 Å². The molecule has 2 aliphatic rings.